The second-order valence-electron chi connectivity index (χ2n) is 18.4. The van der Waals surface area contributed by atoms with E-state index in [1.165, 1.54) is 6.07 Å². The molecule has 0 bridgehead atoms. The lowest BCUT2D eigenvalue weighted by molar-refractivity contribution is -0.137. The molecule has 0 saturated carbocycles. The van der Waals surface area contributed by atoms with Crippen LogP contribution in [0.2, 0.25) is 0 Å². The second-order valence-corrected chi connectivity index (χ2v) is 18.4. The molecule has 0 atom stereocenters. The minimum Gasteiger partial charge on any atom is -0.309 e. The van der Waals surface area contributed by atoms with Crippen LogP contribution in [0.25, 0.3) is 120 Å². The SMILES string of the molecule is [C-]#[N+]c1ccccc1-c1ccc2c(c1)c1cc(-c3ccccc3C#N)ccc1n2-c1ccc(C)c(-c2cc(-n3c4ccc(-c5ccccc5C#N)cc4c4cc(-c5ccccc5[N+]#[C-])ccc43)ccc2C(F)(F)F)c1. The minimum absolute atomic E-state index is 0.00530. The molecule has 0 fully saturated rings. The molecule has 0 aliphatic carbocycles. The Morgan fingerprint density at radius 3 is 1.16 bits per heavy atom. The molecule has 0 spiro atoms. The normalized spacial score (nSPS) is 11.4. The van der Waals surface area contributed by atoms with Crippen LogP contribution >= 0.6 is 0 Å². The third-order valence-electron chi connectivity index (χ3n) is 14.3. The molecule has 0 N–H and O–H groups in total. The topological polar surface area (TPSA) is 66.2 Å². The Bertz CT molecular complexity index is 4310. The van der Waals surface area contributed by atoms with Gasteiger partial charge in [0.25, 0.3) is 0 Å². The Balaban J connectivity index is 1.08. The first-order valence-corrected chi connectivity index (χ1v) is 24.0. The van der Waals surface area contributed by atoms with E-state index in [2.05, 4.69) is 38.5 Å². The predicted molar refractivity (Wildman–Crippen MR) is 294 cm³/mol. The fraction of sp³-hybridized carbons (Fsp3) is 0.0303. The molecule has 6 nitrogen and oxygen atoms in total. The smallest absolute Gasteiger partial charge is 0.309 e. The zero-order chi connectivity index (χ0) is 51.5. The number of hydrogen-bond acceptors (Lipinski definition) is 2. The Labute approximate surface area is 429 Å². The average molecular weight is 971 g/mol. The second kappa shape index (κ2) is 18.0. The van der Waals surface area contributed by atoms with Crippen LogP contribution in [-0.2, 0) is 6.18 Å². The number of nitriles is 2. The van der Waals surface area contributed by atoms with Gasteiger partial charge in [-0.05, 0) is 159 Å². The van der Waals surface area contributed by atoms with Gasteiger partial charge in [-0.15, -0.1) is 0 Å². The van der Waals surface area contributed by atoms with Gasteiger partial charge >= 0.3 is 6.18 Å². The van der Waals surface area contributed by atoms with Crippen LogP contribution in [0, 0.1) is 42.7 Å². The first-order chi connectivity index (χ1) is 36.6. The largest absolute Gasteiger partial charge is 0.417 e. The molecule has 12 aromatic rings. The van der Waals surface area contributed by atoms with Crippen molar-refractivity contribution in [1.29, 1.82) is 10.5 Å². The molecule has 75 heavy (non-hydrogen) atoms. The van der Waals surface area contributed by atoms with Crippen LogP contribution in [0.1, 0.15) is 22.3 Å². The third-order valence-corrected chi connectivity index (χ3v) is 14.3. The minimum atomic E-state index is -4.72. The summed E-state index contributed by atoms with van der Waals surface area (Å²) in [6.45, 7) is 17.6. The highest BCUT2D eigenvalue weighted by Gasteiger charge is 2.35. The predicted octanol–water partition coefficient (Wildman–Crippen LogP) is 18.4. The summed E-state index contributed by atoms with van der Waals surface area (Å²) in [5.74, 6) is 0. The highest BCUT2D eigenvalue weighted by molar-refractivity contribution is 6.13. The molecule has 12 rings (SSSR count). The van der Waals surface area contributed by atoms with E-state index in [1.807, 2.05) is 163 Å². The van der Waals surface area contributed by atoms with Crippen molar-refractivity contribution < 1.29 is 13.2 Å². The summed E-state index contributed by atoms with van der Waals surface area (Å²) in [7, 11) is 0. The maximum absolute atomic E-state index is 15.5. The number of rotatable bonds is 7. The summed E-state index contributed by atoms with van der Waals surface area (Å²) in [6.07, 6.45) is -4.72. The van der Waals surface area contributed by atoms with E-state index >= 15 is 13.2 Å². The molecule has 0 unspecified atom stereocenters. The molecule has 0 radical (unpaired) electrons. The number of hydrogen-bond donors (Lipinski definition) is 0. The third kappa shape index (κ3) is 7.64. The van der Waals surface area contributed by atoms with Crippen molar-refractivity contribution in [2.24, 2.45) is 0 Å². The van der Waals surface area contributed by atoms with Crippen molar-refractivity contribution in [2.45, 2.75) is 13.1 Å². The molecule has 0 amide bonds. The molecule has 0 aliphatic heterocycles. The maximum atomic E-state index is 15.5. The number of aryl methyl sites for hydroxylation is 1. The number of halogens is 3. The van der Waals surface area contributed by atoms with Gasteiger partial charge in [0.05, 0.1) is 64.0 Å². The molecule has 352 valence electrons. The zero-order valence-electron chi connectivity index (χ0n) is 39.9. The van der Waals surface area contributed by atoms with Crippen molar-refractivity contribution in [3.05, 3.63) is 251 Å². The van der Waals surface area contributed by atoms with Gasteiger partial charge in [0.1, 0.15) is 0 Å². The summed E-state index contributed by atoms with van der Waals surface area (Å²) in [5.41, 5.74) is 12.9. The molecule has 2 heterocycles. The summed E-state index contributed by atoms with van der Waals surface area (Å²) in [5, 5.41) is 23.5. The molecular formula is C66H37F3N6. The van der Waals surface area contributed by atoms with Crippen LogP contribution in [0.3, 0.4) is 0 Å². The van der Waals surface area contributed by atoms with Gasteiger partial charge < -0.3 is 9.13 Å². The fourth-order valence-corrected chi connectivity index (χ4v) is 10.7. The number of nitrogens with zero attached hydrogens (tertiary/aromatic N) is 6. The average Bonchev–Trinajstić information content (AvgIpc) is 3.97. The first kappa shape index (κ1) is 45.7. The quantitative estimate of drug-likeness (QED) is 0.149. The van der Waals surface area contributed by atoms with Crippen LogP contribution in [0.15, 0.2) is 206 Å². The van der Waals surface area contributed by atoms with Crippen molar-refractivity contribution in [3.63, 3.8) is 0 Å². The van der Waals surface area contributed by atoms with Crippen LogP contribution < -0.4 is 0 Å². The lowest BCUT2D eigenvalue weighted by Gasteiger charge is -2.19. The molecule has 0 saturated heterocycles. The van der Waals surface area contributed by atoms with Gasteiger partial charge in [0, 0.05) is 32.9 Å². The summed E-state index contributed by atoms with van der Waals surface area (Å²) in [4.78, 5) is 7.58. The number of benzene rings is 10. The summed E-state index contributed by atoms with van der Waals surface area (Å²) < 4.78 is 50.7. The molecule has 2 aromatic heterocycles. The van der Waals surface area contributed by atoms with E-state index in [9.17, 15) is 10.5 Å². The summed E-state index contributed by atoms with van der Waals surface area (Å²) >= 11 is 0. The van der Waals surface area contributed by atoms with Gasteiger partial charge in [-0.3, -0.25) is 0 Å². The van der Waals surface area contributed by atoms with Crippen LogP contribution in [0.4, 0.5) is 24.5 Å². The standard InChI is InChI=1S/C66H37F3N6/c1-40-20-25-47(74-62-28-21-41(49-14-6-4-12-45(49)38-70)32-55(62)57-34-43(23-30-64(57)74)51-16-8-10-18-60(51)72-2)36-53(40)54-37-48(26-27-59(54)66(67,68)69)75-63-29-22-42(50-15-7-5-13-46(50)39-71)33-56(63)58-35-44(24-31-65(58)75)52-17-9-11-19-61(52)73-3/h4-37H,1H3. The maximum Gasteiger partial charge on any atom is 0.417 e. The van der Waals surface area contributed by atoms with Crippen molar-refractivity contribution in [1.82, 2.24) is 9.13 Å². The number of aromatic nitrogens is 2. The van der Waals surface area contributed by atoms with E-state index in [-0.39, 0.29) is 5.56 Å². The molecule has 10 aromatic carbocycles. The highest BCUT2D eigenvalue weighted by Crippen LogP contribution is 2.45. The van der Waals surface area contributed by atoms with Crippen molar-refractivity contribution >= 4 is 55.0 Å². The van der Waals surface area contributed by atoms with Gasteiger partial charge in [-0.1, -0.05) is 115 Å². The highest BCUT2D eigenvalue weighted by atomic mass is 19.4. The van der Waals surface area contributed by atoms with E-state index in [0.29, 0.717) is 45.0 Å². The Morgan fingerprint density at radius 1 is 0.400 bits per heavy atom. The lowest BCUT2D eigenvalue weighted by atomic mass is 9.94. The Morgan fingerprint density at radius 2 is 0.760 bits per heavy atom. The van der Waals surface area contributed by atoms with Crippen LogP contribution in [-0.4, -0.2) is 9.13 Å². The van der Waals surface area contributed by atoms with Crippen molar-refractivity contribution in [3.8, 4) is 79.1 Å². The molecular weight excluding hydrogens is 934 g/mol. The molecule has 0 aliphatic rings. The monoisotopic (exact) mass is 970 g/mol. The lowest BCUT2D eigenvalue weighted by Crippen LogP contribution is -2.09. The van der Waals surface area contributed by atoms with Crippen LogP contribution in [0.5, 0.6) is 0 Å². The zero-order valence-corrected chi connectivity index (χ0v) is 39.9. The van der Waals surface area contributed by atoms with Crippen molar-refractivity contribution in [2.75, 3.05) is 0 Å². The number of fused-ring (bicyclic) bond motifs is 6. The Kier molecular flexibility index (Phi) is 11.0. The summed E-state index contributed by atoms with van der Waals surface area (Å²) in [6, 6.07) is 68.0. The van der Waals surface area contributed by atoms with Gasteiger partial charge in [0.15, 0.2) is 11.4 Å². The van der Waals surface area contributed by atoms with E-state index in [0.717, 1.165) is 94.2 Å². The van der Waals surface area contributed by atoms with E-state index in [1.54, 1.807) is 30.3 Å². The number of para-hydroxylation sites is 2. The first-order valence-electron chi connectivity index (χ1n) is 24.0. The van der Waals surface area contributed by atoms with E-state index < -0.39 is 11.7 Å². The van der Waals surface area contributed by atoms with Gasteiger partial charge in [0.2, 0.25) is 0 Å². The fourth-order valence-electron chi connectivity index (χ4n) is 10.7. The molecule has 9 heteroatoms. The Hall–Kier alpha value is -10.5. The van der Waals surface area contributed by atoms with Gasteiger partial charge in [-0.25, -0.2) is 9.69 Å². The number of alkyl halides is 3. The van der Waals surface area contributed by atoms with Gasteiger partial charge in [-0.2, -0.15) is 23.7 Å². The van der Waals surface area contributed by atoms with E-state index in [4.69, 9.17) is 13.1 Å².